The lowest BCUT2D eigenvalue weighted by molar-refractivity contribution is 0.0506. The summed E-state index contributed by atoms with van der Waals surface area (Å²) < 4.78 is 0. The molecule has 1 rings (SSSR count). The van der Waals surface area contributed by atoms with Crippen molar-refractivity contribution >= 4 is 0 Å². The summed E-state index contributed by atoms with van der Waals surface area (Å²) in [5.41, 5.74) is 6.35. The highest BCUT2D eigenvalue weighted by Gasteiger charge is 2.33. The van der Waals surface area contributed by atoms with Crippen molar-refractivity contribution in [3.63, 3.8) is 0 Å². The third-order valence-electron chi connectivity index (χ3n) is 4.87. The van der Waals surface area contributed by atoms with Crippen molar-refractivity contribution in [2.24, 2.45) is 11.7 Å². The second-order valence-corrected chi connectivity index (χ2v) is 6.37. The average molecular weight is 254 g/mol. The molecular formula is C16H34N2. The molecule has 0 radical (unpaired) electrons. The number of unbranched alkanes of at least 4 members (excludes halogenated alkanes) is 3. The topological polar surface area (TPSA) is 29.3 Å². The molecular weight excluding hydrogens is 220 g/mol. The Morgan fingerprint density at radius 3 is 2.61 bits per heavy atom. The first-order chi connectivity index (χ1) is 8.66. The predicted molar refractivity (Wildman–Crippen MR) is 80.8 cm³/mol. The van der Waals surface area contributed by atoms with Crippen LogP contribution in [0.5, 0.6) is 0 Å². The standard InChI is InChI=1S/C16H34N2/c1-4-6-7-8-11-16(3,14-17)18-12-9-10-15(5-2)13-18/h15H,4-14,17H2,1-3H3. The van der Waals surface area contributed by atoms with Gasteiger partial charge < -0.3 is 5.73 Å². The van der Waals surface area contributed by atoms with Gasteiger partial charge in [-0.25, -0.2) is 0 Å². The van der Waals surface area contributed by atoms with Crippen LogP contribution in [0, 0.1) is 5.92 Å². The van der Waals surface area contributed by atoms with E-state index in [1.165, 1.54) is 64.5 Å². The first-order valence-electron chi connectivity index (χ1n) is 8.11. The molecule has 0 bridgehead atoms. The van der Waals surface area contributed by atoms with E-state index in [1.807, 2.05) is 0 Å². The van der Waals surface area contributed by atoms with Crippen LogP contribution in [-0.2, 0) is 0 Å². The molecule has 2 nitrogen and oxygen atoms in total. The van der Waals surface area contributed by atoms with Crippen LogP contribution in [0.3, 0.4) is 0 Å². The lowest BCUT2D eigenvalue weighted by Crippen LogP contribution is -2.55. The molecule has 0 aliphatic carbocycles. The van der Waals surface area contributed by atoms with Gasteiger partial charge in [-0.3, -0.25) is 4.90 Å². The van der Waals surface area contributed by atoms with Crippen LogP contribution in [0.25, 0.3) is 0 Å². The molecule has 0 spiro atoms. The van der Waals surface area contributed by atoms with Gasteiger partial charge in [0.1, 0.15) is 0 Å². The van der Waals surface area contributed by atoms with E-state index in [2.05, 4.69) is 25.7 Å². The smallest absolute Gasteiger partial charge is 0.0303 e. The first kappa shape index (κ1) is 16.0. The molecule has 18 heavy (non-hydrogen) atoms. The van der Waals surface area contributed by atoms with Crippen LogP contribution in [0.2, 0.25) is 0 Å². The van der Waals surface area contributed by atoms with Crippen molar-refractivity contribution < 1.29 is 0 Å². The summed E-state index contributed by atoms with van der Waals surface area (Å²) in [7, 11) is 0. The van der Waals surface area contributed by atoms with Crippen LogP contribution >= 0.6 is 0 Å². The average Bonchev–Trinajstić information content (AvgIpc) is 2.43. The van der Waals surface area contributed by atoms with Crippen LogP contribution in [-0.4, -0.2) is 30.1 Å². The molecule has 1 aliphatic heterocycles. The highest BCUT2D eigenvalue weighted by atomic mass is 15.2. The molecule has 108 valence electrons. The van der Waals surface area contributed by atoms with E-state index in [0.717, 1.165) is 12.5 Å². The van der Waals surface area contributed by atoms with Crippen LogP contribution in [0.15, 0.2) is 0 Å². The minimum Gasteiger partial charge on any atom is -0.329 e. The maximum absolute atomic E-state index is 6.10. The van der Waals surface area contributed by atoms with Gasteiger partial charge in [-0.05, 0) is 38.6 Å². The molecule has 2 unspecified atom stereocenters. The van der Waals surface area contributed by atoms with E-state index >= 15 is 0 Å². The minimum atomic E-state index is 0.252. The van der Waals surface area contributed by atoms with Gasteiger partial charge in [0.25, 0.3) is 0 Å². The Morgan fingerprint density at radius 2 is 2.00 bits per heavy atom. The van der Waals surface area contributed by atoms with Crippen LogP contribution < -0.4 is 5.73 Å². The summed E-state index contributed by atoms with van der Waals surface area (Å²) in [6.45, 7) is 10.3. The zero-order valence-corrected chi connectivity index (χ0v) is 12.9. The number of nitrogens with two attached hydrogens (primary N) is 1. The van der Waals surface area contributed by atoms with Gasteiger partial charge in [0, 0.05) is 18.6 Å². The number of piperidine rings is 1. The molecule has 1 saturated heterocycles. The molecule has 1 heterocycles. The Bertz CT molecular complexity index is 217. The van der Waals surface area contributed by atoms with Gasteiger partial charge in [0.2, 0.25) is 0 Å². The van der Waals surface area contributed by atoms with Crippen molar-refractivity contribution in [1.29, 1.82) is 0 Å². The second kappa shape index (κ2) is 8.16. The number of nitrogens with zero attached hydrogens (tertiary/aromatic N) is 1. The third-order valence-corrected chi connectivity index (χ3v) is 4.87. The largest absolute Gasteiger partial charge is 0.329 e. The van der Waals surface area contributed by atoms with Gasteiger partial charge in [-0.2, -0.15) is 0 Å². The highest BCUT2D eigenvalue weighted by Crippen LogP contribution is 2.29. The number of likely N-dealkylation sites (tertiary alicyclic amines) is 1. The zero-order valence-electron chi connectivity index (χ0n) is 12.9. The van der Waals surface area contributed by atoms with Gasteiger partial charge in [0.15, 0.2) is 0 Å². The van der Waals surface area contributed by atoms with Crippen molar-refractivity contribution in [2.45, 2.75) is 77.7 Å². The zero-order chi connectivity index (χ0) is 13.4. The monoisotopic (exact) mass is 254 g/mol. The fraction of sp³-hybridized carbons (Fsp3) is 1.00. The molecule has 0 aromatic heterocycles. The third kappa shape index (κ3) is 4.55. The molecule has 2 atom stereocenters. The van der Waals surface area contributed by atoms with E-state index in [1.54, 1.807) is 0 Å². The Morgan fingerprint density at radius 1 is 1.22 bits per heavy atom. The quantitative estimate of drug-likeness (QED) is 0.668. The molecule has 0 aromatic rings. The summed E-state index contributed by atoms with van der Waals surface area (Å²) in [5.74, 6) is 0.903. The molecule has 0 aromatic carbocycles. The maximum Gasteiger partial charge on any atom is 0.0303 e. The van der Waals surface area contributed by atoms with Gasteiger partial charge in [0.05, 0.1) is 0 Å². The Kier molecular flexibility index (Phi) is 7.25. The summed E-state index contributed by atoms with van der Waals surface area (Å²) in [5, 5.41) is 0. The van der Waals surface area contributed by atoms with E-state index in [4.69, 9.17) is 5.73 Å². The molecule has 1 fully saturated rings. The SMILES string of the molecule is CCCCCCC(C)(CN)N1CCCC(CC)C1. The van der Waals surface area contributed by atoms with Crippen molar-refractivity contribution in [3.05, 3.63) is 0 Å². The second-order valence-electron chi connectivity index (χ2n) is 6.37. The van der Waals surface area contributed by atoms with Crippen molar-refractivity contribution in [3.8, 4) is 0 Å². The Balaban J connectivity index is 2.45. The minimum absolute atomic E-state index is 0.252. The predicted octanol–water partition coefficient (Wildman–Crippen LogP) is 3.80. The van der Waals surface area contributed by atoms with Gasteiger partial charge in [-0.15, -0.1) is 0 Å². The fourth-order valence-electron chi connectivity index (χ4n) is 3.21. The van der Waals surface area contributed by atoms with Crippen LogP contribution in [0.4, 0.5) is 0 Å². The number of hydrogen-bond donors (Lipinski definition) is 1. The maximum atomic E-state index is 6.10. The first-order valence-corrected chi connectivity index (χ1v) is 8.11. The van der Waals surface area contributed by atoms with E-state index < -0.39 is 0 Å². The van der Waals surface area contributed by atoms with E-state index in [9.17, 15) is 0 Å². The molecule has 1 aliphatic rings. The lowest BCUT2D eigenvalue weighted by atomic mass is 9.87. The molecule has 0 amide bonds. The normalized spacial score (nSPS) is 25.0. The fourth-order valence-corrected chi connectivity index (χ4v) is 3.21. The number of rotatable bonds is 8. The molecule has 0 saturated carbocycles. The Labute approximate surface area is 114 Å². The van der Waals surface area contributed by atoms with E-state index in [0.29, 0.717) is 0 Å². The Hall–Kier alpha value is -0.0800. The van der Waals surface area contributed by atoms with Crippen molar-refractivity contribution in [2.75, 3.05) is 19.6 Å². The molecule has 2 N–H and O–H groups in total. The lowest BCUT2D eigenvalue weighted by Gasteiger charge is -2.45. The van der Waals surface area contributed by atoms with E-state index in [-0.39, 0.29) is 5.54 Å². The summed E-state index contributed by atoms with van der Waals surface area (Å²) >= 11 is 0. The van der Waals surface area contributed by atoms with Gasteiger partial charge in [-0.1, -0.05) is 46.0 Å². The van der Waals surface area contributed by atoms with Gasteiger partial charge >= 0.3 is 0 Å². The number of hydrogen-bond acceptors (Lipinski definition) is 2. The molecule has 2 heteroatoms. The highest BCUT2D eigenvalue weighted by molar-refractivity contribution is 4.90. The van der Waals surface area contributed by atoms with Crippen molar-refractivity contribution in [1.82, 2.24) is 4.90 Å². The summed E-state index contributed by atoms with van der Waals surface area (Å²) in [6.07, 6.45) is 10.8. The summed E-state index contributed by atoms with van der Waals surface area (Å²) in [4.78, 5) is 2.69. The van der Waals surface area contributed by atoms with Crippen LogP contribution in [0.1, 0.15) is 72.1 Å². The summed E-state index contributed by atoms with van der Waals surface area (Å²) in [6, 6.07) is 0.